The topological polar surface area (TPSA) is 45.2 Å². The van der Waals surface area contributed by atoms with E-state index in [4.69, 9.17) is 0 Å². The van der Waals surface area contributed by atoms with Crippen LogP contribution in [0.15, 0.2) is 24.4 Å². The highest BCUT2D eigenvalue weighted by atomic mass is 35.5. The van der Waals surface area contributed by atoms with E-state index >= 15 is 0 Å². The number of aromatic nitrogens is 1. The van der Waals surface area contributed by atoms with Gasteiger partial charge in [-0.25, -0.2) is 0 Å². The quantitative estimate of drug-likeness (QED) is 0.874. The third kappa shape index (κ3) is 5.58. The number of rotatable bonds is 6. The minimum Gasteiger partial charge on any atom is -0.342 e. The summed E-state index contributed by atoms with van der Waals surface area (Å²) in [5.74, 6) is 0.526. The van der Waals surface area contributed by atoms with Gasteiger partial charge in [0, 0.05) is 43.4 Å². The van der Waals surface area contributed by atoms with Gasteiger partial charge in [-0.2, -0.15) is 0 Å². The first-order valence-electron chi connectivity index (χ1n) is 8.12. The lowest BCUT2D eigenvalue weighted by Gasteiger charge is -2.32. The highest BCUT2D eigenvalue weighted by Crippen LogP contribution is 2.19. The van der Waals surface area contributed by atoms with Crippen LogP contribution in [0.1, 0.15) is 38.8 Å². The molecular weight excluding hydrogens is 298 g/mol. The van der Waals surface area contributed by atoms with Crippen LogP contribution in [0.25, 0.3) is 0 Å². The van der Waals surface area contributed by atoms with Crippen molar-refractivity contribution in [1.29, 1.82) is 0 Å². The Morgan fingerprint density at radius 1 is 1.41 bits per heavy atom. The summed E-state index contributed by atoms with van der Waals surface area (Å²) in [6.45, 7) is 6.88. The van der Waals surface area contributed by atoms with Gasteiger partial charge in [0.15, 0.2) is 0 Å². The molecule has 124 valence electrons. The summed E-state index contributed by atoms with van der Waals surface area (Å²) in [7, 11) is 0. The van der Waals surface area contributed by atoms with Crippen molar-refractivity contribution in [3.05, 3.63) is 30.1 Å². The van der Waals surface area contributed by atoms with E-state index in [1.807, 2.05) is 29.3 Å². The van der Waals surface area contributed by atoms with Gasteiger partial charge >= 0.3 is 0 Å². The highest BCUT2D eigenvalue weighted by Gasteiger charge is 2.28. The zero-order valence-corrected chi connectivity index (χ0v) is 14.4. The Morgan fingerprint density at radius 2 is 2.23 bits per heavy atom. The van der Waals surface area contributed by atoms with Crippen molar-refractivity contribution >= 4 is 18.3 Å². The van der Waals surface area contributed by atoms with Crippen molar-refractivity contribution in [2.45, 2.75) is 45.6 Å². The zero-order chi connectivity index (χ0) is 15.1. The Hall–Kier alpha value is -1.13. The Bertz CT molecular complexity index is 441. The van der Waals surface area contributed by atoms with Crippen LogP contribution in [0.3, 0.4) is 0 Å². The molecule has 1 fully saturated rings. The first-order chi connectivity index (χ1) is 10.2. The van der Waals surface area contributed by atoms with Crippen molar-refractivity contribution in [3.63, 3.8) is 0 Å². The molecule has 0 saturated carbocycles. The van der Waals surface area contributed by atoms with Crippen LogP contribution in [-0.2, 0) is 11.2 Å². The molecule has 0 unspecified atom stereocenters. The summed E-state index contributed by atoms with van der Waals surface area (Å²) in [4.78, 5) is 19.1. The second-order valence-corrected chi connectivity index (χ2v) is 5.97. The van der Waals surface area contributed by atoms with Gasteiger partial charge in [0.05, 0.1) is 0 Å². The van der Waals surface area contributed by atoms with Gasteiger partial charge in [0.1, 0.15) is 0 Å². The number of hydrogen-bond acceptors (Lipinski definition) is 3. The van der Waals surface area contributed by atoms with E-state index in [9.17, 15) is 4.79 Å². The summed E-state index contributed by atoms with van der Waals surface area (Å²) >= 11 is 0. The second kappa shape index (κ2) is 9.80. The molecular formula is C17H28ClN3O. The summed E-state index contributed by atoms with van der Waals surface area (Å²) in [6.07, 6.45) is 5.59. The van der Waals surface area contributed by atoms with Crippen LogP contribution in [0, 0.1) is 5.92 Å². The van der Waals surface area contributed by atoms with Crippen LogP contribution in [0.5, 0.6) is 0 Å². The summed E-state index contributed by atoms with van der Waals surface area (Å²) < 4.78 is 0. The van der Waals surface area contributed by atoms with Crippen LogP contribution in [-0.4, -0.2) is 41.5 Å². The average Bonchev–Trinajstić information content (AvgIpc) is 2.52. The second-order valence-electron chi connectivity index (χ2n) is 5.97. The zero-order valence-electron chi connectivity index (χ0n) is 13.6. The molecule has 1 aliphatic heterocycles. The maximum Gasteiger partial charge on any atom is 0.225 e. The van der Waals surface area contributed by atoms with Crippen LogP contribution in [0.2, 0.25) is 0 Å². The number of pyridine rings is 1. The molecule has 1 N–H and O–H groups in total. The summed E-state index contributed by atoms with van der Waals surface area (Å²) in [6, 6.07) is 6.41. The Morgan fingerprint density at radius 3 is 2.86 bits per heavy atom. The molecule has 1 saturated heterocycles. The smallest absolute Gasteiger partial charge is 0.225 e. The minimum absolute atomic E-state index is 0. The molecule has 0 spiro atoms. The SMILES string of the molecule is CCCN(CCc1ccccn1)C(=O)[C@H]1CCN[C@@H](C)C1.Cl. The van der Waals surface area contributed by atoms with E-state index in [1.54, 1.807) is 0 Å². The van der Waals surface area contributed by atoms with Gasteiger partial charge in [-0.05, 0) is 44.9 Å². The lowest BCUT2D eigenvalue weighted by Crippen LogP contribution is -2.45. The predicted octanol–water partition coefficient (Wildman–Crippen LogP) is 2.67. The van der Waals surface area contributed by atoms with E-state index in [0.717, 1.165) is 51.0 Å². The molecule has 5 heteroatoms. The lowest BCUT2D eigenvalue weighted by atomic mass is 9.92. The Kier molecular flexibility index (Phi) is 8.43. The van der Waals surface area contributed by atoms with Crippen LogP contribution >= 0.6 is 12.4 Å². The largest absolute Gasteiger partial charge is 0.342 e. The first-order valence-corrected chi connectivity index (χ1v) is 8.12. The number of amides is 1. The average molecular weight is 326 g/mol. The van der Waals surface area contributed by atoms with Crippen molar-refractivity contribution in [1.82, 2.24) is 15.2 Å². The number of carbonyl (C=O) groups excluding carboxylic acids is 1. The van der Waals surface area contributed by atoms with E-state index in [1.165, 1.54) is 0 Å². The van der Waals surface area contributed by atoms with E-state index in [2.05, 4.69) is 24.1 Å². The molecule has 22 heavy (non-hydrogen) atoms. The minimum atomic E-state index is 0. The maximum atomic E-state index is 12.7. The number of hydrogen-bond donors (Lipinski definition) is 1. The van der Waals surface area contributed by atoms with E-state index in [-0.39, 0.29) is 18.3 Å². The molecule has 2 atom stereocenters. The molecule has 1 aromatic heterocycles. The molecule has 4 nitrogen and oxygen atoms in total. The number of carbonyl (C=O) groups is 1. The lowest BCUT2D eigenvalue weighted by molar-refractivity contribution is -0.136. The first kappa shape index (κ1) is 18.9. The van der Waals surface area contributed by atoms with Crippen molar-refractivity contribution in [3.8, 4) is 0 Å². The number of nitrogens with zero attached hydrogens (tertiary/aromatic N) is 2. The maximum absolute atomic E-state index is 12.7. The van der Waals surface area contributed by atoms with Crippen molar-refractivity contribution in [2.75, 3.05) is 19.6 Å². The normalized spacial score (nSPS) is 21.0. The molecule has 0 aromatic carbocycles. The molecule has 0 radical (unpaired) electrons. The molecule has 2 heterocycles. The summed E-state index contributed by atoms with van der Waals surface area (Å²) in [5.41, 5.74) is 1.06. The fourth-order valence-electron chi connectivity index (χ4n) is 3.01. The van der Waals surface area contributed by atoms with Gasteiger partial charge in [-0.1, -0.05) is 13.0 Å². The van der Waals surface area contributed by atoms with Gasteiger partial charge in [0.2, 0.25) is 5.91 Å². The third-order valence-electron chi connectivity index (χ3n) is 4.14. The molecule has 1 aliphatic rings. The fraction of sp³-hybridized carbons (Fsp3) is 0.647. The van der Waals surface area contributed by atoms with Crippen LogP contribution in [0.4, 0.5) is 0 Å². The highest BCUT2D eigenvalue weighted by molar-refractivity contribution is 5.85. The molecule has 1 aromatic rings. The predicted molar refractivity (Wildman–Crippen MR) is 92.2 cm³/mol. The molecule has 0 aliphatic carbocycles. The van der Waals surface area contributed by atoms with Gasteiger partial charge in [0.25, 0.3) is 0 Å². The number of nitrogens with one attached hydrogen (secondary N) is 1. The number of halogens is 1. The monoisotopic (exact) mass is 325 g/mol. The van der Waals surface area contributed by atoms with Gasteiger partial charge < -0.3 is 10.2 Å². The van der Waals surface area contributed by atoms with Crippen molar-refractivity contribution < 1.29 is 4.79 Å². The molecule has 0 bridgehead atoms. The van der Waals surface area contributed by atoms with Crippen molar-refractivity contribution in [2.24, 2.45) is 5.92 Å². The third-order valence-corrected chi connectivity index (χ3v) is 4.14. The van der Waals surface area contributed by atoms with Crippen LogP contribution < -0.4 is 5.32 Å². The molecule has 1 amide bonds. The number of piperidine rings is 1. The summed E-state index contributed by atoms with van der Waals surface area (Å²) in [5, 5.41) is 3.41. The Balaban J connectivity index is 0.00000242. The van der Waals surface area contributed by atoms with Gasteiger partial charge in [-0.3, -0.25) is 9.78 Å². The van der Waals surface area contributed by atoms with Gasteiger partial charge in [-0.15, -0.1) is 12.4 Å². The fourth-order valence-corrected chi connectivity index (χ4v) is 3.01. The molecule has 2 rings (SSSR count). The Labute approximate surface area is 140 Å². The van der Waals surface area contributed by atoms with E-state index in [0.29, 0.717) is 11.9 Å². The van der Waals surface area contributed by atoms with E-state index < -0.39 is 0 Å². The standard InChI is InChI=1S/C17H27N3O.ClH/c1-3-11-20(12-8-16-6-4-5-9-19-16)17(21)15-7-10-18-14(2)13-15;/h4-6,9,14-15,18H,3,7-8,10-13H2,1-2H3;1H/t14-,15-;/m0./s1.